The Kier molecular flexibility index (Phi) is 5.61. The fourth-order valence-electron chi connectivity index (χ4n) is 2.26. The van der Waals surface area contributed by atoms with Crippen LogP contribution in [-0.4, -0.2) is 58.3 Å². The lowest BCUT2D eigenvalue weighted by Gasteiger charge is -2.23. The summed E-state index contributed by atoms with van der Waals surface area (Å²) in [5, 5.41) is 3.35. The second-order valence-corrected chi connectivity index (χ2v) is 5.39. The molecule has 0 radical (unpaired) electrons. The van der Waals surface area contributed by atoms with Crippen LogP contribution in [0.15, 0.2) is 18.2 Å². The van der Waals surface area contributed by atoms with Gasteiger partial charge in [0.05, 0.1) is 0 Å². The molecule has 1 aliphatic rings. The van der Waals surface area contributed by atoms with Crippen LogP contribution in [-0.2, 0) is 0 Å². The molecule has 0 spiro atoms. The van der Waals surface area contributed by atoms with Gasteiger partial charge in [0.15, 0.2) is 0 Å². The maximum Gasteiger partial charge on any atom is 0.128 e. The molecular weight excluding hydrogens is 257 g/mol. The minimum atomic E-state index is -0.237. The number of halogens is 1. The first-order valence-corrected chi connectivity index (χ1v) is 7.19. The first kappa shape index (κ1) is 15.1. The van der Waals surface area contributed by atoms with Gasteiger partial charge in [0.1, 0.15) is 18.2 Å². The second kappa shape index (κ2) is 7.45. The molecule has 5 heteroatoms. The van der Waals surface area contributed by atoms with Gasteiger partial charge < -0.3 is 19.9 Å². The smallest absolute Gasteiger partial charge is 0.128 e. The molecule has 0 aliphatic carbocycles. The van der Waals surface area contributed by atoms with Crippen molar-refractivity contribution in [1.29, 1.82) is 0 Å². The van der Waals surface area contributed by atoms with Gasteiger partial charge in [-0.2, -0.15) is 0 Å². The van der Waals surface area contributed by atoms with Gasteiger partial charge >= 0.3 is 0 Å². The molecule has 0 aromatic heterocycles. The molecule has 0 amide bonds. The van der Waals surface area contributed by atoms with Crippen LogP contribution in [0, 0.1) is 5.82 Å². The van der Waals surface area contributed by atoms with Crippen molar-refractivity contribution in [2.24, 2.45) is 0 Å². The SMILES string of the molecule is CN(C)CCOc1cc(F)cc(N2CCCNCC2)c1. The van der Waals surface area contributed by atoms with Crippen molar-refractivity contribution in [2.45, 2.75) is 6.42 Å². The highest BCUT2D eigenvalue weighted by molar-refractivity contribution is 5.51. The first-order valence-electron chi connectivity index (χ1n) is 7.19. The van der Waals surface area contributed by atoms with Crippen molar-refractivity contribution in [3.8, 4) is 5.75 Å². The summed E-state index contributed by atoms with van der Waals surface area (Å²) in [6.07, 6.45) is 1.08. The summed E-state index contributed by atoms with van der Waals surface area (Å²) in [5.41, 5.74) is 0.911. The van der Waals surface area contributed by atoms with Gasteiger partial charge in [-0.3, -0.25) is 0 Å². The molecule has 2 rings (SSSR count). The van der Waals surface area contributed by atoms with Crippen molar-refractivity contribution in [1.82, 2.24) is 10.2 Å². The van der Waals surface area contributed by atoms with Crippen LogP contribution in [0.3, 0.4) is 0 Å². The van der Waals surface area contributed by atoms with E-state index in [1.54, 1.807) is 6.07 Å². The number of nitrogens with zero attached hydrogens (tertiary/aromatic N) is 2. The van der Waals surface area contributed by atoms with E-state index in [9.17, 15) is 4.39 Å². The van der Waals surface area contributed by atoms with E-state index in [4.69, 9.17) is 4.74 Å². The summed E-state index contributed by atoms with van der Waals surface area (Å²) in [6.45, 7) is 5.20. The van der Waals surface area contributed by atoms with Crippen LogP contribution in [0.4, 0.5) is 10.1 Å². The third kappa shape index (κ3) is 4.65. The number of benzene rings is 1. The number of nitrogens with one attached hydrogen (secondary N) is 1. The minimum Gasteiger partial charge on any atom is -0.492 e. The Morgan fingerprint density at radius 3 is 2.90 bits per heavy atom. The van der Waals surface area contributed by atoms with E-state index in [0.717, 1.165) is 44.8 Å². The van der Waals surface area contributed by atoms with Crippen molar-refractivity contribution < 1.29 is 9.13 Å². The largest absolute Gasteiger partial charge is 0.492 e. The summed E-state index contributed by atoms with van der Waals surface area (Å²) in [5.74, 6) is 0.374. The number of anilines is 1. The second-order valence-electron chi connectivity index (χ2n) is 5.39. The van der Waals surface area contributed by atoms with Crippen LogP contribution < -0.4 is 15.0 Å². The fraction of sp³-hybridized carbons (Fsp3) is 0.600. The third-order valence-corrected chi connectivity index (χ3v) is 3.37. The lowest BCUT2D eigenvalue weighted by Crippen LogP contribution is -2.28. The number of hydrogen-bond acceptors (Lipinski definition) is 4. The highest BCUT2D eigenvalue weighted by Gasteiger charge is 2.12. The molecule has 1 fully saturated rings. The molecule has 1 saturated heterocycles. The van der Waals surface area contributed by atoms with E-state index in [1.165, 1.54) is 6.07 Å². The standard InChI is InChI=1S/C15H24FN3O/c1-18(2)8-9-20-15-11-13(16)10-14(12-15)19-6-3-4-17-5-7-19/h10-12,17H,3-9H2,1-2H3. The van der Waals surface area contributed by atoms with Crippen molar-refractivity contribution in [2.75, 3.05) is 58.3 Å². The quantitative estimate of drug-likeness (QED) is 0.886. The monoisotopic (exact) mass is 281 g/mol. The van der Waals surface area contributed by atoms with Crippen LogP contribution in [0.5, 0.6) is 5.75 Å². The highest BCUT2D eigenvalue weighted by atomic mass is 19.1. The highest BCUT2D eigenvalue weighted by Crippen LogP contribution is 2.24. The predicted molar refractivity (Wildman–Crippen MR) is 80.1 cm³/mol. The van der Waals surface area contributed by atoms with E-state index in [2.05, 4.69) is 10.2 Å². The van der Waals surface area contributed by atoms with Crippen molar-refractivity contribution in [3.63, 3.8) is 0 Å². The maximum absolute atomic E-state index is 13.7. The lowest BCUT2D eigenvalue weighted by atomic mass is 10.2. The summed E-state index contributed by atoms with van der Waals surface area (Å²) in [7, 11) is 3.98. The lowest BCUT2D eigenvalue weighted by molar-refractivity contribution is 0.260. The van der Waals surface area contributed by atoms with Gasteiger partial charge in [0.2, 0.25) is 0 Å². The number of rotatable bonds is 5. The number of ether oxygens (including phenoxy) is 1. The Balaban J connectivity index is 2.03. The van der Waals surface area contributed by atoms with Crippen molar-refractivity contribution in [3.05, 3.63) is 24.0 Å². The van der Waals surface area contributed by atoms with Gasteiger partial charge in [-0.25, -0.2) is 4.39 Å². The molecule has 0 bridgehead atoms. The molecule has 4 nitrogen and oxygen atoms in total. The van der Waals surface area contributed by atoms with E-state index in [1.807, 2.05) is 25.1 Å². The van der Waals surface area contributed by atoms with E-state index in [0.29, 0.717) is 12.4 Å². The van der Waals surface area contributed by atoms with Gasteiger partial charge in [-0.1, -0.05) is 0 Å². The molecule has 1 N–H and O–H groups in total. The Hall–Kier alpha value is -1.33. The molecule has 1 aliphatic heterocycles. The fourth-order valence-corrected chi connectivity index (χ4v) is 2.26. The molecule has 0 atom stereocenters. The van der Waals surface area contributed by atoms with E-state index >= 15 is 0 Å². The molecule has 1 heterocycles. The maximum atomic E-state index is 13.7. The normalized spacial score (nSPS) is 16.3. The Bertz CT molecular complexity index is 418. The van der Waals surface area contributed by atoms with Crippen LogP contribution in [0.2, 0.25) is 0 Å². The number of likely N-dealkylation sites (N-methyl/N-ethyl adjacent to an activating group) is 1. The Morgan fingerprint density at radius 1 is 1.25 bits per heavy atom. The van der Waals surface area contributed by atoms with Crippen molar-refractivity contribution >= 4 is 5.69 Å². The zero-order valence-corrected chi connectivity index (χ0v) is 12.4. The molecule has 1 aromatic carbocycles. The van der Waals surface area contributed by atoms with Gasteiger partial charge in [-0.15, -0.1) is 0 Å². The summed E-state index contributed by atoms with van der Waals surface area (Å²) >= 11 is 0. The van der Waals surface area contributed by atoms with Gasteiger partial charge in [0, 0.05) is 44.0 Å². The molecule has 0 unspecified atom stereocenters. The van der Waals surface area contributed by atoms with E-state index < -0.39 is 0 Å². The summed E-state index contributed by atoms with van der Waals surface area (Å²) in [4.78, 5) is 4.25. The molecule has 1 aromatic rings. The number of hydrogen-bond donors (Lipinski definition) is 1. The molecule has 112 valence electrons. The van der Waals surface area contributed by atoms with Crippen LogP contribution in [0.25, 0.3) is 0 Å². The Labute approximate surface area is 120 Å². The zero-order chi connectivity index (χ0) is 14.4. The van der Waals surface area contributed by atoms with Crippen LogP contribution >= 0.6 is 0 Å². The zero-order valence-electron chi connectivity index (χ0n) is 12.4. The average Bonchev–Trinajstić information content (AvgIpc) is 2.66. The van der Waals surface area contributed by atoms with Gasteiger partial charge in [0.25, 0.3) is 0 Å². The van der Waals surface area contributed by atoms with E-state index in [-0.39, 0.29) is 5.82 Å². The molecule has 0 saturated carbocycles. The predicted octanol–water partition coefficient (Wildman–Crippen LogP) is 1.57. The molecular formula is C15H24FN3O. The van der Waals surface area contributed by atoms with Gasteiger partial charge in [-0.05, 0) is 33.1 Å². The molecule has 20 heavy (non-hydrogen) atoms. The minimum absolute atomic E-state index is 0.237. The van der Waals surface area contributed by atoms with Crippen LogP contribution in [0.1, 0.15) is 6.42 Å². The Morgan fingerprint density at radius 2 is 2.10 bits per heavy atom. The third-order valence-electron chi connectivity index (χ3n) is 3.37. The summed E-state index contributed by atoms with van der Waals surface area (Å²) in [6, 6.07) is 4.98. The topological polar surface area (TPSA) is 27.7 Å². The average molecular weight is 281 g/mol. The first-order chi connectivity index (χ1) is 9.65. The summed E-state index contributed by atoms with van der Waals surface area (Å²) < 4.78 is 19.4.